The van der Waals surface area contributed by atoms with Gasteiger partial charge in [-0.25, -0.2) is 0 Å². The molecule has 0 aliphatic heterocycles. The Morgan fingerprint density at radius 1 is 1.67 bits per heavy atom. The van der Waals surface area contributed by atoms with Gasteiger partial charge in [0.1, 0.15) is 0 Å². The fourth-order valence-electron chi connectivity index (χ4n) is 0. The second kappa shape index (κ2) is 4.96. The van der Waals surface area contributed by atoms with Crippen LogP contribution in [0.4, 0.5) is 0 Å². The van der Waals surface area contributed by atoms with E-state index in [1.165, 1.54) is 14.0 Å². The van der Waals surface area contributed by atoms with Gasteiger partial charge in [-0.1, -0.05) is 0 Å². The predicted molar refractivity (Wildman–Crippen MR) is 17.7 cm³/mol. The standard InChI is InChI=1S/C3H6O2.Ni/c1-3(4)5-2;/h1-2H3;. The van der Waals surface area contributed by atoms with Crippen molar-refractivity contribution in [3.8, 4) is 0 Å². The van der Waals surface area contributed by atoms with Crippen LogP contribution in [0.3, 0.4) is 0 Å². The van der Waals surface area contributed by atoms with Gasteiger partial charge in [-0.05, 0) is 0 Å². The van der Waals surface area contributed by atoms with Crippen LogP contribution in [0, 0.1) is 0 Å². The Labute approximate surface area is 46.8 Å². The summed E-state index contributed by atoms with van der Waals surface area (Å²) >= 11 is 0. The molecule has 0 bridgehead atoms. The van der Waals surface area contributed by atoms with E-state index >= 15 is 0 Å². The summed E-state index contributed by atoms with van der Waals surface area (Å²) in [6.07, 6.45) is 0. The number of carbonyl (C=O) groups is 1. The van der Waals surface area contributed by atoms with Crippen LogP contribution in [0.15, 0.2) is 0 Å². The zero-order valence-corrected chi connectivity index (χ0v) is 4.62. The van der Waals surface area contributed by atoms with Gasteiger partial charge < -0.3 is 4.74 Å². The summed E-state index contributed by atoms with van der Waals surface area (Å²) in [7, 11) is 1.35. The van der Waals surface area contributed by atoms with Crippen molar-refractivity contribution in [1.29, 1.82) is 0 Å². The minimum atomic E-state index is -0.245. The molecule has 0 aliphatic carbocycles. The van der Waals surface area contributed by atoms with Crippen molar-refractivity contribution in [1.82, 2.24) is 0 Å². The van der Waals surface area contributed by atoms with Gasteiger partial charge in [0.25, 0.3) is 0 Å². The van der Waals surface area contributed by atoms with Crippen molar-refractivity contribution in [2.24, 2.45) is 0 Å². The molecule has 0 N–H and O–H groups in total. The first-order valence-corrected chi connectivity index (χ1v) is 1.32. The first kappa shape index (κ1) is 9.35. The third-order valence-electron chi connectivity index (χ3n) is 0.287. The monoisotopic (exact) mass is 132 g/mol. The quantitative estimate of drug-likeness (QED) is 0.347. The van der Waals surface area contributed by atoms with Gasteiger partial charge in [-0.3, -0.25) is 4.79 Å². The van der Waals surface area contributed by atoms with Crippen LogP contribution < -0.4 is 0 Å². The molecular weight excluding hydrogens is 127 g/mol. The molecule has 3 heteroatoms. The minimum Gasteiger partial charge on any atom is -0.469 e. The molecule has 0 radical (unpaired) electrons. The first-order valence-electron chi connectivity index (χ1n) is 1.32. The number of carbonyl (C=O) groups excluding carboxylic acids is 1. The molecule has 0 amide bonds. The molecular formula is C3H6NiO2. The smallest absolute Gasteiger partial charge is 0.302 e. The van der Waals surface area contributed by atoms with E-state index in [4.69, 9.17) is 0 Å². The van der Waals surface area contributed by atoms with Crippen molar-refractivity contribution in [2.45, 2.75) is 6.92 Å². The Morgan fingerprint density at radius 2 is 1.83 bits per heavy atom. The molecule has 0 atom stereocenters. The summed E-state index contributed by atoms with van der Waals surface area (Å²) in [5.74, 6) is -0.245. The maximum absolute atomic E-state index is 9.59. The van der Waals surface area contributed by atoms with Gasteiger partial charge >= 0.3 is 5.97 Å². The molecule has 0 saturated carbocycles. The average Bonchev–Trinajstić information content (AvgIpc) is 1.38. The van der Waals surface area contributed by atoms with Crippen molar-refractivity contribution in [3.63, 3.8) is 0 Å². The largest absolute Gasteiger partial charge is 0.469 e. The molecule has 40 valence electrons. The molecule has 0 aliphatic rings. The van der Waals surface area contributed by atoms with Gasteiger partial charge in [0.2, 0.25) is 0 Å². The van der Waals surface area contributed by atoms with Gasteiger partial charge in [0, 0.05) is 23.4 Å². The summed E-state index contributed by atoms with van der Waals surface area (Å²) in [6.45, 7) is 1.36. The molecule has 0 unspecified atom stereocenters. The molecule has 0 heterocycles. The second-order valence-corrected chi connectivity index (χ2v) is 0.696. The van der Waals surface area contributed by atoms with Crippen LogP contribution >= 0.6 is 0 Å². The number of rotatable bonds is 0. The number of esters is 1. The number of hydrogen-bond acceptors (Lipinski definition) is 2. The summed E-state index contributed by atoms with van der Waals surface area (Å²) in [5.41, 5.74) is 0. The molecule has 0 spiro atoms. The van der Waals surface area contributed by atoms with E-state index in [9.17, 15) is 4.79 Å². The van der Waals surface area contributed by atoms with Crippen molar-refractivity contribution >= 4 is 5.97 Å². The zero-order valence-electron chi connectivity index (χ0n) is 3.63. The predicted octanol–water partition coefficient (Wildman–Crippen LogP) is 0.177. The average molecular weight is 133 g/mol. The molecule has 0 fully saturated rings. The van der Waals surface area contributed by atoms with Crippen molar-refractivity contribution in [2.75, 3.05) is 7.11 Å². The number of hydrogen-bond donors (Lipinski definition) is 0. The van der Waals surface area contributed by atoms with E-state index in [2.05, 4.69) is 4.74 Å². The van der Waals surface area contributed by atoms with Crippen LogP contribution in [0.5, 0.6) is 0 Å². The third-order valence-corrected chi connectivity index (χ3v) is 0.287. The Morgan fingerprint density at radius 3 is 1.83 bits per heavy atom. The van der Waals surface area contributed by atoms with E-state index < -0.39 is 0 Å². The van der Waals surface area contributed by atoms with Gasteiger partial charge in [-0.15, -0.1) is 0 Å². The van der Waals surface area contributed by atoms with E-state index in [0.29, 0.717) is 0 Å². The SMILES string of the molecule is COC(C)=O.[Ni]. The maximum atomic E-state index is 9.59. The van der Waals surface area contributed by atoms with Gasteiger partial charge in [0.15, 0.2) is 0 Å². The van der Waals surface area contributed by atoms with Crippen LogP contribution in [-0.2, 0) is 26.0 Å². The first-order chi connectivity index (χ1) is 2.27. The van der Waals surface area contributed by atoms with E-state index in [-0.39, 0.29) is 22.5 Å². The molecule has 0 aromatic heterocycles. The maximum Gasteiger partial charge on any atom is 0.302 e. The Hall–Kier alpha value is -0.0365. The van der Waals surface area contributed by atoms with Gasteiger partial charge in [-0.2, -0.15) is 0 Å². The third kappa shape index (κ3) is 9.03. The second-order valence-electron chi connectivity index (χ2n) is 0.696. The number of methoxy groups -OCH3 is 1. The minimum absolute atomic E-state index is 0. The molecule has 6 heavy (non-hydrogen) atoms. The van der Waals surface area contributed by atoms with Crippen LogP contribution in [0.1, 0.15) is 6.92 Å². The summed E-state index contributed by atoms with van der Waals surface area (Å²) < 4.78 is 4.11. The number of ether oxygens (including phenoxy) is 1. The van der Waals surface area contributed by atoms with Crippen LogP contribution in [0.25, 0.3) is 0 Å². The fraction of sp³-hybridized carbons (Fsp3) is 0.667. The van der Waals surface area contributed by atoms with E-state index in [1.807, 2.05) is 0 Å². The van der Waals surface area contributed by atoms with Crippen molar-refractivity contribution in [3.05, 3.63) is 0 Å². The Kier molecular flexibility index (Phi) is 7.74. The van der Waals surface area contributed by atoms with E-state index in [1.54, 1.807) is 0 Å². The molecule has 0 rings (SSSR count). The molecule has 0 saturated heterocycles. The van der Waals surface area contributed by atoms with Gasteiger partial charge in [0.05, 0.1) is 7.11 Å². The van der Waals surface area contributed by atoms with Crippen molar-refractivity contribution < 1.29 is 26.0 Å². The topological polar surface area (TPSA) is 26.3 Å². The molecule has 2 nitrogen and oxygen atoms in total. The summed E-state index contributed by atoms with van der Waals surface area (Å²) in [5, 5.41) is 0. The zero-order chi connectivity index (χ0) is 4.28. The fourth-order valence-corrected chi connectivity index (χ4v) is 0. The molecule has 0 aromatic carbocycles. The van der Waals surface area contributed by atoms with Crippen LogP contribution in [0.2, 0.25) is 0 Å². The Balaban J connectivity index is 0. The van der Waals surface area contributed by atoms with E-state index in [0.717, 1.165) is 0 Å². The molecule has 0 aromatic rings. The van der Waals surface area contributed by atoms with Crippen LogP contribution in [-0.4, -0.2) is 13.1 Å². The normalized spacial score (nSPS) is 5.67. The summed E-state index contributed by atoms with van der Waals surface area (Å²) in [4.78, 5) is 9.59. The Bertz CT molecular complexity index is 44.1. The summed E-state index contributed by atoms with van der Waals surface area (Å²) in [6, 6.07) is 0.